The van der Waals surface area contributed by atoms with Crippen molar-refractivity contribution in [2.45, 2.75) is 19.4 Å². The zero-order chi connectivity index (χ0) is 19.9. The number of hydrogen-bond acceptors (Lipinski definition) is 5. The maximum atomic E-state index is 12.3. The van der Waals surface area contributed by atoms with Crippen molar-refractivity contribution in [3.05, 3.63) is 74.8 Å². The Morgan fingerprint density at radius 1 is 1.18 bits per heavy atom. The Hall–Kier alpha value is -2.77. The summed E-state index contributed by atoms with van der Waals surface area (Å²) in [4.78, 5) is 24.8. The van der Waals surface area contributed by atoms with Crippen molar-refractivity contribution in [1.29, 1.82) is 0 Å². The summed E-state index contributed by atoms with van der Waals surface area (Å²) in [6.07, 6.45) is 3.11. The monoisotopic (exact) mass is 400 g/mol. The Morgan fingerprint density at radius 2 is 1.82 bits per heavy atom. The molecule has 0 bridgehead atoms. The standard InChI is InChI=1S/C20H21ClN4O3/c21-18-5-1-15(2-6-18)13-22-23-20(26)17-9-11-24(12-10-17)14-16-3-7-19(8-4-16)25(27)28/h1-8,13,17H,9-12,14H2,(H,23,26)/b22-13+. The Balaban J connectivity index is 1.43. The first-order valence-electron chi connectivity index (χ1n) is 9.05. The summed E-state index contributed by atoms with van der Waals surface area (Å²) in [5.41, 5.74) is 4.60. The number of piperidine rings is 1. The minimum absolute atomic E-state index is 0.0597. The Morgan fingerprint density at radius 3 is 2.43 bits per heavy atom. The largest absolute Gasteiger partial charge is 0.299 e. The fourth-order valence-corrected chi connectivity index (χ4v) is 3.27. The van der Waals surface area contributed by atoms with Gasteiger partial charge in [-0.2, -0.15) is 5.10 Å². The highest BCUT2D eigenvalue weighted by molar-refractivity contribution is 6.30. The number of rotatable bonds is 6. The van der Waals surface area contributed by atoms with Gasteiger partial charge in [0.05, 0.1) is 11.1 Å². The molecule has 1 aliphatic heterocycles. The van der Waals surface area contributed by atoms with Crippen LogP contribution in [0.2, 0.25) is 5.02 Å². The zero-order valence-electron chi connectivity index (χ0n) is 15.3. The van der Waals surface area contributed by atoms with E-state index in [1.165, 1.54) is 12.1 Å². The number of nitro groups is 1. The fourth-order valence-electron chi connectivity index (χ4n) is 3.15. The lowest BCUT2D eigenvalue weighted by molar-refractivity contribution is -0.384. The highest BCUT2D eigenvalue weighted by Crippen LogP contribution is 2.20. The highest BCUT2D eigenvalue weighted by Gasteiger charge is 2.24. The molecule has 3 rings (SSSR count). The van der Waals surface area contributed by atoms with Gasteiger partial charge in [-0.05, 0) is 49.2 Å². The number of amides is 1. The maximum absolute atomic E-state index is 12.3. The van der Waals surface area contributed by atoms with Gasteiger partial charge in [0.15, 0.2) is 0 Å². The molecule has 0 atom stereocenters. The SMILES string of the molecule is O=C(N/N=C/c1ccc(Cl)cc1)C1CCN(Cc2ccc([N+](=O)[O-])cc2)CC1. The van der Waals surface area contributed by atoms with Crippen molar-refractivity contribution in [3.8, 4) is 0 Å². The summed E-state index contributed by atoms with van der Waals surface area (Å²) in [5, 5.41) is 15.4. The third-order valence-electron chi connectivity index (χ3n) is 4.77. The molecule has 0 spiro atoms. The minimum atomic E-state index is -0.400. The molecule has 7 nitrogen and oxygen atoms in total. The molecule has 1 fully saturated rings. The number of non-ortho nitro benzene ring substituents is 1. The zero-order valence-corrected chi connectivity index (χ0v) is 16.0. The van der Waals surface area contributed by atoms with E-state index in [0.717, 1.165) is 43.6 Å². The molecular weight excluding hydrogens is 380 g/mol. The molecule has 2 aromatic rings. The van der Waals surface area contributed by atoms with Gasteiger partial charge in [0.2, 0.25) is 5.91 Å². The number of likely N-dealkylation sites (tertiary alicyclic amines) is 1. The molecule has 0 aromatic heterocycles. The third-order valence-corrected chi connectivity index (χ3v) is 5.02. The van der Waals surface area contributed by atoms with Crippen molar-refractivity contribution in [2.24, 2.45) is 11.0 Å². The van der Waals surface area contributed by atoms with Gasteiger partial charge in [0.1, 0.15) is 0 Å². The van der Waals surface area contributed by atoms with E-state index in [-0.39, 0.29) is 17.5 Å². The molecule has 2 aromatic carbocycles. The van der Waals surface area contributed by atoms with Gasteiger partial charge >= 0.3 is 0 Å². The quantitative estimate of drug-likeness (QED) is 0.455. The highest BCUT2D eigenvalue weighted by atomic mass is 35.5. The number of carbonyl (C=O) groups is 1. The molecular formula is C20H21ClN4O3. The Bertz CT molecular complexity index is 845. The topological polar surface area (TPSA) is 87.8 Å². The Labute approximate surface area is 168 Å². The first-order chi connectivity index (χ1) is 13.5. The lowest BCUT2D eigenvalue weighted by Crippen LogP contribution is -2.39. The third kappa shape index (κ3) is 5.61. The molecule has 0 unspecified atom stereocenters. The van der Waals surface area contributed by atoms with Crippen molar-refractivity contribution >= 4 is 29.4 Å². The maximum Gasteiger partial charge on any atom is 0.269 e. The van der Waals surface area contributed by atoms with Crippen LogP contribution in [-0.4, -0.2) is 35.0 Å². The van der Waals surface area contributed by atoms with Crippen LogP contribution < -0.4 is 5.43 Å². The molecule has 1 heterocycles. The molecule has 0 aliphatic carbocycles. The van der Waals surface area contributed by atoms with E-state index in [2.05, 4.69) is 15.4 Å². The minimum Gasteiger partial charge on any atom is -0.299 e. The lowest BCUT2D eigenvalue weighted by Gasteiger charge is -2.30. The van der Waals surface area contributed by atoms with E-state index in [4.69, 9.17) is 11.6 Å². The van der Waals surface area contributed by atoms with Gasteiger partial charge in [-0.15, -0.1) is 0 Å². The summed E-state index contributed by atoms with van der Waals surface area (Å²) in [6.45, 7) is 2.33. The van der Waals surface area contributed by atoms with Crippen LogP contribution in [0.5, 0.6) is 0 Å². The number of halogens is 1. The van der Waals surface area contributed by atoms with Crippen molar-refractivity contribution in [3.63, 3.8) is 0 Å². The van der Waals surface area contributed by atoms with Crippen molar-refractivity contribution in [1.82, 2.24) is 10.3 Å². The van der Waals surface area contributed by atoms with Crippen LogP contribution in [0.1, 0.15) is 24.0 Å². The average molecular weight is 401 g/mol. The number of carbonyl (C=O) groups excluding carboxylic acids is 1. The second-order valence-corrected chi connectivity index (χ2v) is 7.20. The van der Waals surface area contributed by atoms with Gasteiger partial charge in [-0.3, -0.25) is 19.8 Å². The predicted octanol–water partition coefficient (Wildman–Crippen LogP) is 3.61. The number of benzene rings is 2. The Kier molecular flexibility index (Phi) is 6.73. The molecule has 1 saturated heterocycles. The second-order valence-electron chi connectivity index (χ2n) is 6.76. The smallest absolute Gasteiger partial charge is 0.269 e. The van der Waals surface area contributed by atoms with Crippen LogP contribution in [0.25, 0.3) is 0 Å². The normalized spacial score (nSPS) is 15.6. The van der Waals surface area contributed by atoms with E-state index < -0.39 is 4.92 Å². The fraction of sp³-hybridized carbons (Fsp3) is 0.300. The van der Waals surface area contributed by atoms with Crippen LogP contribution in [-0.2, 0) is 11.3 Å². The van der Waals surface area contributed by atoms with Crippen molar-refractivity contribution in [2.75, 3.05) is 13.1 Å². The van der Waals surface area contributed by atoms with Crippen LogP contribution >= 0.6 is 11.6 Å². The molecule has 28 heavy (non-hydrogen) atoms. The van der Waals surface area contributed by atoms with E-state index >= 15 is 0 Å². The summed E-state index contributed by atoms with van der Waals surface area (Å²) in [7, 11) is 0. The lowest BCUT2D eigenvalue weighted by atomic mass is 9.96. The van der Waals surface area contributed by atoms with Gasteiger partial charge in [-0.25, -0.2) is 5.43 Å². The van der Waals surface area contributed by atoms with Crippen molar-refractivity contribution < 1.29 is 9.72 Å². The van der Waals surface area contributed by atoms with E-state index in [0.29, 0.717) is 5.02 Å². The summed E-state index contributed by atoms with van der Waals surface area (Å²) in [5.74, 6) is -0.129. The average Bonchev–Trinajstić information content (AvgIpc) is 2.70. The summed E-state index contributed by atoms with van der Waals surface area (Å²) in [6, 6.07) is 13.8. The molecule has 0 radical (unpaired) electrons. The van der Waals surface area contributed by atoms with E-state index in [1.807, 2.05) is 12.1 Å². The van der Waals surface area contributed by atoms with Gasteiger partial charge in [0, 0.05) is 29.6 Å². The second kappa shape index (κ2) is 9.43. The predicted molar refractivity (Wildman–Crippen MR) is 108 cm³/mol. The van der Waals surface area contributed by atoms with Gasteiger partial charge < -0.3 is 0 Å². The van der Waals surface area contributed by atoms with Crippen LogP contribution in [0.3, 0.4) is 0 Å². The molecule has 1 N–H and O–H groups in total. The van der Waals surface area contributed by atoms with E-state index in [1.54, 1.807) is 30.5 Å². The number of nitrogens with zero attached hydrogens (tertiary/aromatic N) is 3. The van der Waals surface area contributed by atoms with E-state index in [9.17, 15) is 14.9 Å². The van der Waals surface area contributed by atoms with Gasteiger partial charge in [0.25, 0.3) is 5.69 Å². The number of hydrazone groups is 1. The molecule has 146 valence electrons. The summed E-state index contributed by atoms with van der Waals surface area (Å²) >= 11 is 5.83. The molecule has 8 heteroatoms. The molecule has 0 saturated carbocycles. The number of nitrogens with one attached hydrogen (secondary N) is 1. The van der Waals surface area contributed by atoms with Crippen LogP contribution in [0.4, 0.5) is 5.69 Å². The first-order valence-corrected chi connectivity index (χ1v) is 9.43. The first kappa shape index (κ1) is 20.0. The molecule has 1 aliphatic rings. The molecule has 1 amide bonds. The van der Waals surface area contributed by atoms with Crippen LogP contribution in [0, 0.1) is 16.0 Å². The van der Waals surface area contributed by atoms with Gasteiger partial charge in [-0.1, -0.05) is 35.9 Å². The summed E-state index contributed by atoms with van der Waals surface area (Å²) < 4.78 is 0. The number of hydrogen-bond donors (Lipinski definition) is 1. The number of nitro benzene ring substituents is 1. The van der Waals surface area contributed by atoms with Crippen LogP contribution in [0.15, 0.2) is 53.6 Å².